The smallest absolute Gasteiger partial charge is 0.128 e. The molecule has 0 saturated carbocycles. The lowest BCUT2D eigenvalue weighted by molar-refractivity contribution is 0.219. The summed E-state index contributed by atoms with van der Waals surface area (Å²) in [6.07, 6.45) is 5.66. The average molecular weight is 262 g/mol. The summed E-state index contributed by atoms with van der Waals surface area (Å²) in [6, 6.07) is 4.79. The van der Waals surface area contributed by atoms with Gasteiger partial charge < -0.3 is 15.1 Å². The maximum absolute atomic E-state index is 4.44. The number of nitrogens with zero attached hydrogens (tertiary/aromatic N) is 3. The Bertz CT molecular complexity index is 366. The third kappa shape index (κ3) is 4.10. The normalized spacial score (nSPS) is 17.4. The Labute approximate surface area is 116 Å². The number of piperidine rings is 1. The van der Waals surface area contributed by atoms with Crippen molar-refractivity contribution in [3.05, 3.63) is 18.3 Å². The highest BCUT2D eigenvalue weighted by Crippen LogP contribution is 2.17. The molecule has 1 aromatic rings. The Morgan fingerprint density at radius 3 is 2.58 bits per heavy atom. The van der Waals surface area contributed by atoms with E-state index in [-0.39, 0.29) is 0 Å². The van der Waals surface area contributed by atoms with Crippen molar-refractivity contribution in [2.75, 3.05) is 43.9 Å². The van der Waals surface area contributed by atoms with Crippen LogP contribution in [0, 0.1) is 0 Å². The van der Waals surface area contributed by atoms with Gasteiger partial charge in [-0.3, -0.25) is 0 Å². The molecule has 1 aromatic heterocycles. The second-order valence-electron chi connectivity index (χ2n) is 5.56. The monoisotopic (exact) mass is 262 g/mol. The SMILES string of the molecule is CCCN1CCC(Nc2ccc(N(C)C)nc2)CC1. The first-order chi connectivity index (χ1) is 9.19. The molecular weight excluding hydrogens is 236 g/mol. The van der Waals surface area contributed by atoms with Crippen LogP contribution < -0.4 is 10.2 Å². The molecule has 0 spiro atoms. The molecule has 1 fully saturated rings. The summed E-state index contributed by atoms with van der Waals surface area (Å²) in [6.45, 7) is 5.93. The molecule has 1 aliphatic rings. The number of hydrogen-bond donors (Lipinski definition) is 1. The first kappa shape index (κ1) is 14.1. The zero-order valence-corrected chi connectivity index (χ0v) is 12.4. The summed E-state index contributed by atoms with van der Waals surface area (Å²) in [7, 11) is 4.03. The van der Waals surface area contributed by atoms with Crippen LogP contribution in [0.3, 0.4) is 0 Å². The second-order valence-corrected chi connectivity index (χ2v) is 5.56. The van der Waals surface area contributed by atoms with Crippen molar-refractivity contribution >= 4 is 11.5 Å². The molecular formula is C15H26N4. The average Bonchev–Trinajstić information content (AvgIpc) is 2.42. The van der Waals surface area contributed by atoms with E-state index >= 15 is 0 Å². The number of aromatic nitrogens is 1. The lowest BCUT2D eigenvalue weighted by Crippen LogP contribution is -2.39. The molecule has 1 saturated heterocycles. The predicted octanol–water partition coefficient (Wildman–Crippen LogP) is 2.43. The molecule has 4 nitrogen and oxygen atoms in total. The summed E-state index contributed by atoms with van der Waals surface area (Å²) in [5, 5.41) is 3.60. The van der Waals surface area contributed by atoms with Gasteiger partial charge in [0.1, 0.15) is 5.82 Å². The lowest BCUT2D eigenvalue weighted by Gasteiger charge is -2.32. The number of rotatable bonds is 5. The highest BCUT2D eigenvalue weighted by molar-refractivity contribution is 5.48. The number of pyridine rings is 1. The molecule has 19 heavy (non-hydrogen) atoms. The molecule has 0 bridgehead atoms. The zero-order valence-electron chi connectivity index (χ0n) is 12.4. The van der Waals surface area contributed by atoms with E-state index in [1.54, 1.807) is 0 Å². The summed E-state index contributed by atoms with van der Waals surface area (Å²) < 4.78 is 0. The first-order valence-corrected chi connectivity index (χ1v) is 7.31. The van der Waals surface area contributed by atoms with Crippen LogP contribution in [0.15, 0.2) is 18.3 Å². The highest BCUT2D eigenvalue weighted by atomic mass is 15.1. The number of hydrogen-bond acceptors (Lipinski definition) is 4. The number of nitrogens with one attached hydrogen (secondary N) is 1. The Morgan fingerprint density at radius 1 is 1.32 bits per heavy atom. The molecule has 1 aliphatic heterocycles. The molecule has 0 unspecified atom stereocenters. The second kappa shape index (κ2) is 6.75. The molecule has 0 aromatic carbocycles. The van der Waals surface area contributed by atoms with Gasteiger partial charge in [-0.05, 0) is 37.9 Å². The van der Waals surface area contributed by atoms with Gasteiger partial charge >= 0.3 is 0 Å². The third-order valence-electron chi connectivity index (χ3n) is 3.70. The van der Waals surface area contributed by atoms with E-state index < -0.39 is 0 Å². The Kier molecular flexibility index (Phi) is 5.02. The van der Waals surface area contributed by atoms with Gasteiger partial charge in [0.15, 0.2) is 0 Å². The minimum Gasteiger partial charge on any atom is -0.381 e. The lowest BCUT2D eigenvalue weighted by atomic mass is 10.0. The summed E-state index contributed by atoms with van der Waals surface area (Å²) in [4.78, 5) is 9.02. The van der Waals surface area contributed by atoms with E-state index in [0.717, 1.165) is 11.5 Å². The fraction of sp³-hybridized carbons (Fsp3) is 0.667. The van der Waals surface area contributed by atoms with Gasteiger partial charge in [-0.25, -0.2) is 4.98 Å². The molecule has 2 heterocycles. The first-order valence-electron chi connectivity index (χ1n) is 7.31. The van der Waals surface area contributed by atoms with Crippen LogP contribution in [0.4, 0.5) is 11.5 Å². The van der Waals surface area contributed by atoms with Crippen LogP contribution in [-0.2, 0) is 0 Å². The minimum atomic E-state index is 0.597. The molecule has 1 N–H and O–H groups in total. The summed E-state index contributed by atoms with van der Waals surface area (Å²) in [5.74, 6) is 1.00. The van der Waals surface area contributed by atoms with E-state index in [1.807, 2.05) is 25.2 Å². The van der Waals surface area contributed by atoms with Crippen LogP contribution in [-0.4, -0.2) is 49.7 Å². The van der Waals surface area contributed by atoms with Crippen LogP contribution in [0.5, 0.6) is 0 Å². The topological polar surface area (TPSA) is 31.4 Å². The third-order valence-corrected chi connectivity index (χ3v) is 3.70. The Hall–Kier alpha value is -1.29. The quantitative estimate of drug-likeness (QED) is 0.883. The summed E-state index contributed by atoms with van der Waals surface area (Å²) in [5.41, 5.74) is 1.14. The van der Waals surface area contributed by atoms with E-state index in [2.05, 4.69) is 34.3 Å². The predicted molar refractivity (Wildman–Crippen MR) is 81.9 cm³/mol. The van der Waals surface area contributed by atoms with Crippen molar-refractivity contribution in [1.29, 1.82) is 0 Å². The van der Waals surface area contributed by atoms with Crippen molar-refractivity contribution in [2.24, 2.45) is 0 Å². The summed E-state index contributed by atoms with van der Waals surface area (Å²) >= 11 is 0. The molecule has 0 radical (unpaired) electrons. The van der Waals surface area contributed by atoms with E-state index in [4.69, 9.17) is 0 Å². The van der Waals surface area contributed by atoms with Crippen molar-refractivity contribution < 1.29 is 0 Å². The number of likely N-dealkylation sites (tertiary alicyclic amines) is 1. The maximum Gasteiger partial charge on any atom is 0.128 e. The maximum atomic E-state index is 4.44. The van der Waals surface area contributed by atoms with Crippen LogP contribution in [0.1, 0.15) is 26.2 Å². The molecule has 0 aliphatic carbocycles. The van der Waals surface area contributed by atoms with Crippen LogP contribution in [0.25, 0.3) is 0 Å². The molecule has 4 heteroatoms. The van der Waals surface area contributed by atoms with Crippen LogP contribution in [0.2, 0.25) is 0 Å². The molecule has 0 amide bonds. The largest absolute Gasteiger partial charge is 0.381 e. The fourth-order valence-electron chi connectivity index (χ4n) is 2.59. The van der Waals surface area contributed by atoms with Gasteiger partial charge in [0.2, 0.25) is 0 Å². The molecule has 2 rings (SSSR count). The highest BCUT2D eigenvalue weighted by Gasteiger charge is 2.18. The standard InChI is InChI=1S/C15H26N4/c1-4-9-19-10-7-13(8-11-19)17-14-5-6-15(16-12-14)18(2)3/h5-6,12-13,17H,4,7-11H2,1-3H3. The fourth-order valence-corrected chi connectivity index (χ4v) is 2.59. The van der Waals surface area contributed by atoms with Crippen molar-refractivity contribution in [3.63, 3.8) is 0 Å². The van der Waals surface area contributed by atoms with E-state index in [1.165, 1.54) is 38.9 Å². The van der Waals surface area contributed by atoms with Gasteiger partial charge in [0, 0.05) is 33.2 Å². The van der Waals surface area contributed by atoms with Gasteiger partial charge in [-0.15, -0.1) is 0 Å². The zero-order chi connectivity index (χ0) is 13.7. The van der Waals surface area contributed by atoms with Crippen molar-refractivity contribution in [2.45, 2.75) is 32.2 Å². The van der Waals surface area contributed by atoms with E-state index in [9.17, 15) is 0 Å². The number of anilines is 2. The molecule has 0 atom stereocenters. The minimum absolute atomic E-state index is 0.597. The molecule has 106 valence electrons. The van der Waals surface area contributed by atoms with Gasteiger partial charge in [0.05, 0.1) is 11.9 Å². The van der Waals surface area contributed by atoms with Crippen molar-refractivity contribution in [3.8, 4) is 0 Å². The van der Waals surface area contributed by atoms with Crippen LogP contribution >= 0.6 is 0 Å². The Morgan fingerprint density at radius 2 is 2.05 bits per heavy atom. The van der Waals surface area contributed by atoms with E-state index in [0.29, 0.717) is 6.04 Å². The van der Waals surface area contributed by atoms with Gasteiger partial charge in [-0.1, -0.05) is 6.92 Å². The van der Waals surface area contributed by atoms with Crippen molar-refractivity contribution in [1.82, 2.24) is 9.88 Å². The van der Waals surface area contributed by atoms with Gasteiger partial charge in [0.25, 0.3) is 0 Å². The Balaban J connectivity index is 1.82. The van der Waals surface area contributed by atoms with Gasteiger partial charge in [-0.2, -0.15) is 0 Å².